The number of hydrogen-bond donors (Lipinski definition) is 2. The summed E-state index contributed by atoms with van der Waals surface area (Å²) in [7, 11) is 0. The third-order valence-electron chi connectivity index (χ3n) is 8.24. The number of para-hydroxylation sites is 1. The second-order valence-electron chi connectivity index (χ2n) is 10.7. The van der Waals surface area contributed by atoms with Crippen molar-refractivity contribution in [2.75, 3.05) is 11.4 Å². The molecule has 0 saturated heterocycles. The Morgan fingerprint density at radius 3 is 2.66 bits per heavy atom. The highest BCUT2D eigenvalue weighted by atomic mass is 16.1. The molecule has 2 unspecified atom stereocenters. The molecule has 41 heavy (non-hydrogen) atoms. The van der Waals surface area contributed by atoms with E-state index in [4.69, 9.17) is 0 Å². The third-order valence-corrected chi connectivity index (χ3v) is 8.24. The van der Waals surface area contributed by atoms with Gasteiger partial charge in [-0.05, 0) is 41.3 Å². The van der Waals surface area contributed by atoms with E-state index in [9.17, 15) is 4.79 Å². The lowest BCUT2D eigenvalue weighted by atomic mass is 9.86. The maximum atomic E-state index is 13.8. The van der Waals surface area contributed by atoms with Gasteiger partial charge in [0.1, 0.15) is 0 Å². The zero-order valence-corrected chi connectivity index (χ0v) is 22.7. The van der Waals surface area contributed by atoms with Crippen LogP contribution in [0.1, 0.15) is 28.0 Å². The van der Waals surface area contributed by atoms with Gasteiger partial charge >= 0.3 is 0 Å². The van der Waals surface area contributed by atoms with E-state index >= 15 is 0 Å². The molecule has 202 valence electrons. The number of aromatic nitrogens is 3. The fraction of sp³-hybridized carbons (Fsp3) is 0.171. The SMILES string of the molecule is O=C(C1=CCC(C2CNCc3ccccc3N2Cc2c[nH]cn2)C=C1)c1ccnc2cc(-c3ccccc3)ccc12. The Kier molecular flexibility index (Phi) is 6.75. The quantitative estimate of drug-likeness (QED) is 0.242. The molecule has 0 spiro atoms. The standard InChI is InChI=1S/C35H31N5O/c41-35(31-16-17-38-32-18-27(14-15-30(31)32)24-6-2-1-3-7-24)26-12-10-25(11-13-26)34-21-36-19-28-8-4-5-9-33(28)40(34)22-29-20-37-23-39-29/h1-10,12-18,20,23,25,34,36H,11,19,21-22H2,(H,37,39). The molecule has 0 amide bonds. The molecule has 7 rings (SSSR count). The summed E-state index contributed by atoms with van der Waals surface area (Å²) in [5, 5.41) is 4.54. The average Bonchev–Trinajstić information content (AvgIpc) is 3.48. The fourth-order valence-corrected chi connectivity index (χ4v) is 6.12. The molecule has 2 aromatic heterocycles. The molecule has 2 aliphatic rings. The number of carbonyl (C=O) groups excluding carboxylic acids is 1. The van der Waals surface area contributed by atoms with Crippen LogP contribution in [0.3, 0.4) is 0 Å². The summed E-state index contributed by atoms with van der Waals surface area (Å²) >= 11 is 0. The van der Waals surface area contributed by atoms with Gasteiger partial charge in [0.15, 0.2) is 5.78 Å². The molecule has 3 aromatic carbocycles. The van der Waals surface area contributed by atoms with Gasteiger partial charge in [0.25, 0.3) is 0 Å². The molecule has 1 aliphatic heterocycles. The Morgan fingerprint density at radius 1 is 0.951 bits per heavy atom. The van der Waals surface area contributed by atoms with Gasteiger partial charge in [-0.15, -0.1) is 0 Å². The summed E-state index contributed by atoms with van der Waals surface area (Å²) in [6.07, 6.45) is 12.6. The van der Waals surface area contributed by atoms with Crippen molar-refractivity contribution in [2.24, 2.45) is 5.92 Å². The first-order valence-corrected chi connectivity index (χ1v) is 14.1. The Morgan fingerprint density at radius 2 is 1.83 bits per heavy atom. The largest absolute Gasteiger partial charge is 0.360 e. The van der Waals surface area contributed by atoms with E-state index in [0.29, 0.717) is 5.56 Å². The van der Waals surface area contributed by atoms with E-state index < -0.39 is 0 Å². The second-order valence-corrected chi connectivity index (χ2v) is 10.7. The summed E-state index contributed by atoms with van der Waals surface area (Å²) in [6.45, 7) is 2.41. The van der Waals surface area contributed by atoms with E-state index in [1.54, 1.807) is 12.5 Å². The van der Waals surface area contributed by atoms with Crippen LogP contribution in [0, 0.1) is 5.92 Å². The highest BCUT2D eigenvalue weighted by Gasteiger charge is 2.31. The molecule has 5 aromatic rings. The molecule has 3 heterocycles. The molecule has 2 N–H and O–H groups in total. The number of hydrogen-bond acceptors (Lipinski definition) is 5. The number of H-pyrrole nitrogens is 1. The smallest absolute Gasteiger partial charge is 0.193 e. The van der Waals surface area contributed by atoms with E-state index in [2.05, 4.69) is 85.9 Å². The Bertz CT molecular complexity index is 1760. The average molecular weight is 538 g/mol. The van der Waals surface area contributed by atoms with Crippen molar-refractivity contribution in [3.63, 3.8) is 0 Å². The fourth-order valence-electron chi connectivity index (χ4n) is 6.12. The van der Waals surface area contributed by atoms with Crippen LogP contribution >= 0.6 is 0 Å². The summed E-state index contributed by atoms with van der Waals surface area (Å²) in [6, 6.07) is 27.1. The lowest BCUT2D eigenvalue weighted by Gasteiger charge is -2.37. The minimum absolute atomic E-state index is 0.0391. The molecule has 0 fully saturated rings. The highest BCUT2D eigenvalue weighted by Crippen LogP contribution is 2.33. The first kappa shape index (κ1) is 25.2. The Hall–Kier alpha value is -4.81. The number of aromatic amines is 1. The Balaban J connectivity index is 1.14. The summed E-state index contributed by atoms with van der Waals surface area (Å²) < 4.78 is 0. The molecule has 0 saturated carbocycles. The molecular weight excluding hydrogens is 506 g/mol. The molecule has 0 bridgehead atoms. The van der Waals surface area contributed by atoms with Crippen molar-refractivity contribution in [3.05, 3.63) is 138 Å². The minimum Gasteiger partial charge on any atom is -0.360 e. The van der Waals surface area contributed by atoms with Crippen LogP contribution in [0.15, 0.2) is 121 Å². The maximum Gasteiger partial charge on any atom is 0.193 e. The predicted octanol–water partition coefficient (Wildman–Crippen LogP) is 6.49. The van der Waals surface area contributed by atoms with E-state index in [-0.39, 0.29) is 17.7 Å². The summed E-state index contributed by atoms with van der Waals surface area (Å²) in [4.78, 5) is 28.4. The lowest BCUT2D eigenvalue weighted by molar-refractivity contribution is 0.103. The van der Waals surface area contributed by atoms with Gasteiger partial charge in [-0.25, -0.2) is 4.98 Å². The number of ketones is 1. The van der Waals surface area contributed by atoms with Crippen LogP contribution in [0.4, 0.5) is 5.69 Å². The third kappa shape index (κ3) is 4.98. The summed E-state index contributed by atoms with van der Waals surface area (Å²) in [5.41, 5.74) is 8.02. The minimum atomic E-state index is 0.0391. The van der Waals surface area contributed by atoms with Gasteiger partial charge in [0.2, 0.25) is 0 Å². The molecule has 0 radical (unpaired) electrons. The number of nitrogens with one attached hydrogen (secondary N) is 2. The first-order chi connectivity index (χ1) is 20.2. The zero-order chi connectivity index (χ0) is 27.6. The van der Waals surface area contributed by atoms with Gasteiger partial charge in [-0.3, -0.25) is 9.78 Å². The molecular formula is C35H31N5O. The number of anilines is 1. The van der Waals surface area contributed by atoms with Crippen molar-refractivity contribution in [1.82, 2.24) is 20.3 Å². The first-order valence-electron chi connectivity index (χ1n) is 14.1. The molecule has 6 heteroatoms. The van der Waals surface area contributed by atoms with Crippen LogP contribution in [-0.2, 0) is 13.1 Å². The number of pyridine rings is 1. The second kappa shape index (κ2) is 11.0. The zero-order valence-electron chi connectivity index (χ0n) is 22.7. The van der Waals surface area contributed by atoms with Crippen molar-refractivity contribution in [3.8, 4) is 11.1 Å². The van der Waals surface area contributed by atoms with Crippen LogP contribution in [0.25, 0.3) is 22.0 Å². The van der Waals surface area contributed by atoms with Crippen LogP contribution < -0.4 is 10.2 Å². The predicted molar refractivity (Wildman–Crippen MR) is 164 cm³/mol. The lowest BCUT2D eigenvalue weighted by Crippen LogP contribution is -2.45. The van der Waals surface area contributed by atoms with E-state index in [1.807, 2.05) is 42.6 Å². The number of benzene rings is 3. The number of Topliss-reactive ketones (excluding diaryl/α,β-unsaturated/α-hetero) is 1. The molecule has 6 nitrogen and oxygen atoms in total. The van der Waals surface area contributed by atoms with Gasteiger partial charge in [-0.1, -0.05) is 78.9 Å². The van der Waals surface area contributed by atoms with E-state index in [1.165, 1.54) is 11.3 Å². The van der Waals surface area contributed by atoms with Crippen molar-refractivity contribution in [1.29, 1.82) is 0 Å². The van der Waals surface area contributed by atoms with Gasteiger partial charge in [-0.2, -0.15) is 0 Å². The number of allylic oxidation sites excluding steroid dienone is 3. The van der Waals surface area contributed by atoms with Crippen molar-refractivity contribution < 1.29 is 4.79 Å². The van der Waals surface area contributed by atoms with Gasteiger partial charge in [0.05, 0.1) is 24.1 Å². The Labute approximate surface area is 239 Å². The number of fused-ring (bicyclic) bond motifs is 2. The maximum absolute atomic E-state index is 13.8. The van der Waals surface area contributed by atoms with Crippen molar-refractivity contribution >= 4 is 22.4 Å². The molecule has 1 aliphatic carbocycles. The van der Waals surface area contributed by atoms with Gasteiger partial charge in [0, 0.05) is 59.7 Å². The number of rotatable bonds is 6. The highest BCUT2D eigenvalue weighted by molar-refractivity contribution is 6.17. The van der Waals surface area contributed by atoms with Gasteiger partial charge < -0.3 is 15.2 Å². The number of imidazole rings is 1. The van der Waals surface area contributed by atoms with Crippen LogP contribution in [-0.4, -0.2) is 33.3 Å². The van der Waals surface area contributed by atoms with Crippen molar-refractivity contribution in [2.45, 2.75) is 25.6 Å². The monoisotopic (exact) mass is 537 g/mol. The number of nitrogens with zero attached hydrogens (tertiary/aromatic N) is 3. The normalized spacial score (nSPS) is 18.5. The molecule has 2 atom stereocenters. The topological polar surface area (TPSA) is 73.9 Å². The van der Waals surface area contributed by atoms with Crippen LogP contribution in [0.2, 0.25) is 0 Å². The van der Waals surface area contributed by atoms with Crippen LogP contribution in [0.5, 0.6) is 0 Å². The van der Waals surface area contributed by atoms with E-state index in [0.717, 1.165) is 59.4 Å². The number of carbonyl (C=O) groups is 1. The summed E-state index contributed by atoms with van der Waals surface area (Å²) in [5.74, 6) is 0.295.